The first-order valence-corrected chi connectivity index (χ1v) is 14.4. The van der Waals surface area contributed by atoms with Crippen molar-refractivity contribution in [2.75, 3.05) is 45.0 Å². The van der Waals surface area contributed by atoms with Crippen LogP contribution in [0.1, 0.15) is 39.3 Å². The monoisotopic (exact) mass is 588 g/mol. The van der Waals surface area contributed by atoms with Gasteiger partial charge in [0.05, 0.1) is 27.0 Å². The number of carbonyl (C=O) groups is 1. The first-order chi connectivity index (χ1) is 20.6. The lowest BCUT2D eigenvalue weighted by Gasteiger charge is -2.29. The van der Waals surface area contributed by atoms with E-state index < -0.39 is 5.54 Å². The van der Waals surface area contributed by atoms with Gasteiger partial charge < -0.3 is 25.0 Å². The van der Waals surface area contributed by atoms with E-state index >= 15 is 0 Å². The standard InChI is InChI=1S/C30H40N10O3/c1-30(2,3)36-29(41)35-27-25(20-10-23(42-5)13-24(11-20)43-6)12-21-14-31-28(34-26(21)33-27)32-15-22-18-40(38-37-22)17-19-8-7-9-39(4)16-19/h10-14,18-19H,7-9,15-17H2,1-6H3,(H3,31,32,33,34,35,36,41). The van der Waals surface area contributed by atoms with Crippen LogP contribution >= 0.6 is 0 Å². The summed E-state index contributed by atoms with van der Waals surface area (Å²) in [5.41, 5.74) is 2.20. The second-order valence-corrected chi connectivity index (χ2v) is 12.0. The van der Waals surface area contributed by atoms with Gasteiger partial charge in [0.2, 0.25) is 5.95 Å². The van der Waals surface area contributed by atoms with Gasteiger partial charge in [-0.15, -0.1) is 5.10 Å². The van der Waals surface area contributed by atoms with Crippen LogP contribution < -0.4 is 25.4 Å². The number of aromatic nitrogens is 6. The molecule has 3 aromatic heterocycles. The van der Waals surface area contributed by atoms with Crippen molar-refractivity contribution >= 4 is 28.8 Å². The first kappa shape index (κ1) is 30.0. The Bertz CT molecular complexity index is 1560. The molecule has 3 N–H and O–H groups in total. The SMILES string of the molecule is COc1cc(OC)cc(-c2cc3cnc(NCc4cn(CC5CCCN(C)C5)nn4)nc3nc2NC(=O)NC(C)(C)C)c1. The van der Waals surface area contributed by atoms with Gasteiger partial charge in [0.25, 0.3) is 0 Å². The Morgan fingerprint density at radius 2 is 1.86 bits per heavy atom. The van der Waals surface area contributed by atoms with E-state index in [2.05, 4.69) is 48.2 Å². The van der Waals surface area contributed by atoms with Gasteiger partial charge in [-0.1, -0.05) is 5.21 Å². The topological polar surface area (TPSA) is 144 Å². The summed E-state index contributed by atoms with van der Waals surface area (Å²) in [5.74, 6) is 2.53. The van der Waals surface area contributed by atoms with Crippen LogP contribution in [0.25, 0.3) is 22.2 Å². The lowest BCUT2D eigenvalue weighted by molar-refractivity contribution is 0.190. The van der Waals surface area contributed by atoms with Crippen LogP contribution in [0.4, 0.5) is 16.6 Å². The van der Waals surface area contributed by atoms with Crippen molar-refractivity contribution < 1.29 is 14.3 Å². The molecule has 228 valence electrons. The van der Waals surface area contributed by atoms with Crippen molar-refractivity contribution in [2.45, 2.75) is 52.2 Å². The number of urea groups is 1. The number of likely N-dealkylation sites (tertiary alicyclic amines) is 1. The number of amides is 2. The number of piperidine rings is 1. The number of benzene rings is 1. The van der Waals surface area contributed by atoms with Crippen LogP contribution in [0.15, 0.2) is 36.7 Å². The molecule has 0 radical (unpaired) electrons. The maximum atomic E-state index is 12.9. The molecule has 4 heterocycles. The number of nitrogens with zero attached hydrogens (tertiary/aromatic N) is 7. The van der Waals surface area contributed by atoms with Crippen LogP contribution in [0.3, 0.4) is 0 Å². The van der Waals surface area contributed by atoms with E-state index in [-0.39, 0.29) is 6.03 Å². The predicted molar refractivity (Wildman–Crippen MR) is 165 cm³/mol. The molecule has 0 saturated carbocycles. The van der Waals surface area contributed by atoms with Crippen LogP contribution in [0.2, 0.25) is 0 Å². The second kappa shape index (κ2) is 12.8. The van der Waals surface area contributed by atoms with Gasteiger partial charge in [-0.25, -0.2) is 14.8 Å². The van der Waals surface area contributed by atoms with Crippen molar-refractivity contribution in [2.24, 2.45) is 5.92 Å². The molecule has 1 aliphatic rings. The van der Waals surface area contributed by atoms with Gasteiger partial charge in [0.1, 0.15) is 23.0 Å². The Morgan fingerprint density at radius 1 is 1.09 bits per heavy atom. The van der Waals surface area contributed by atoms with Gasteiger partial charge in [-0.3, -0.25) is 10.00 Å². The number of nitrogens with one attached hydrogen (secondary N) is 3. The van der Waals surface area contributed by atoms with Crippen molar-refractivity contribution in [3.63, 3.8) is 0 Å². The van der Waals surface area contributed by atoms with Gasteiger partial charge in [0, 0.05) is 41.8 Å². The Labute approximate surface area is 251 Å². The molecule has 0 bridgehead atoms. The minimum absolute atomic E-state index is 0.338. The van der Waals surface area contributed by atoms with E-state index in [0.29, 0.717) is 52.3 Å². The number of anilines is 2. The summed E-state index contributed by atoms with van der Waals surface area (Å²) in [7, 11) is 5.34. The molecule has 1 atom stereocenters. The summed E-state index contributed by atoms with van der Waals surface area (Å²) in [4.78, 5) is 29.1. The Hall–Kier alpha value is -4.52. The maximum absolute atomic E-state index is 12.9. The molecule has 1 fully saturated rings. The number of pyridine rings is 1. The minimum atomic E-state index is -0.436. The van der Waals surface area contributed by atoms with E-state index in [0.717, 1.165) is 30.9 Å². The molecule has 0 aliphatic carbocycles. The molecular weight excluding hydrogens is 548 g/mol. The largest absolute Gasteiger partial charge is 0.497 e. The fraction of sp³-hybridized carbons (Fsp3) is 0.467. The highest BCUT2D eigenvalue weighted by atomic mass is 16.5. The zero-order chi connectivity index (χ0) is 30.6. The summed E-state index contributed by atoms with van der Waals surface area (Å²) >= 11 is 0. The molecule has 2 amide bonds. The van der Waals surface area contributed by atoms with E-state index in [4.69, 9.17) is 14.5 Å². The number of methoxy groups -OCH3 is 2. The molecule has 1 unspecified atom stereocenters. The molecule has 13 nitrogen and oxygen atoms in total. The zero-order valence-electron chi connectivity index (χ0n) is 25.6. The minimum Gasteiger partial charge on any atom is -0.497 e. The van der Waals surface area contributed by atoms with Crippen molar-refractivity contribution in [1.29, 1.82) is 0 Å². The summed E-state index contributed by atoms with van der Waals surface area (Å²) in [6, 6.07) is 7.00. The van der Waals surface area contributed by atoms with Crippen molar-refractivity contribution in [3.8, 4) is 22.6 Å². The second-order valence-electron chi connectivity index (χ2n) is 12.0. The van der Waals surface area contributed by atoms with E-state index in [1.807, 2.05) is 49.8 Å². The zero-order valence-corrected chi connectivity index (χ0v) is 25.6. The molecule has 4 aromatic rings. The average Bonchev–Trinajstić information content (AvgIpc) is 3.41. The number of rotatable bonds is 9. The highest BCUT2D eigenvalue weighted by Gasteiger charge is 2.20. The lowest BCUT2D eigenvalue weighted by Crippen LogP contribution is -2.43. The molecule has 5 rings (SSSR count). The van der Waals surface area contributed by atoms with Gasteiger partial charge in [-0.05, 0) is 76.9 Å². The van der Waals surface area contributed by atoms with Crippen LogP contribution in [-0.4, -0.2) is 80.8 Å². The molecule has 43 heavy (non-hydrogen) atoms. The third-order valence-corrected chi connectivity index (χ3v) is 7.13. The molecule has 1 saturated heterocycles. The van der Waals surface area contributed by atoms with E-state index in [1.54, 1.807) is 26.5 Å². The normalized spacial score (nSPS) is 15.7. The highest BCUT2D eigenvalue weighted by Crippen LogP contribution is 2.35. The molecule has 0 spiro atoms. The Kier molecular flexibility index (Phi) is 8.90. The molecule has 1 aromatic carbocycles. The average molecular weight is 589 g/mol. The van der Waals surface area contributed by atoms with Gasteiger partial charge in [-0.2, -0.15) is 4.98 Å². The number of fused-ring (bicyclic) bond motifs is 1. The van der Waals surface area contributed by atoms with Crippen molar-refractivity contribution in [3.05, 3.63) is 42.4 Å². The van der Waals surface area contributed by atoms with Crippen LogP contribution in [0, 0.1) is 5.92 Å². The van der Waals surface area contributed by atoms with Crippen molar-refractivity contribution in [1.82, 2.24) is 40.2 Å². The summed E-state index contributed by atoms with van der Waals surface area (Å²) in [6.07, 6.45) is 6.09. The fourth-order valence-corrected chi connectivity index (χ4v) is 5.17. The summed E-state index contributed by atoms with van der Waals surface area (Å²) in [5, 5.41) is 18.4. The Balaban J connectivity index is 1.38. The molecular formula is C30H40N10O3. The third-order valence-electron chi connectivity index (χ3n) is 7.13. The lowest BCUT2D eigenvalue weighted by atomic mass is 9.99. The maximum Gasteiger partial charge on any atom is 0.320 e. The number of ether oxygens (including phenoxy) is 2. The summed E-state index contributed by atoms with van der Waals surface area (Å²) < 4.78 is 12.9. The fourth-order valence-electron chi connectivity index (χ4n) is 5.17. The Morgan fingerprint density at radius 3 is 2.56 bits per heavy atom. The smallest absolute Gasteiger partial charge is 0.320 e. The van der Waals surface area contributed by atoms with Crippen LogP contribution in [0.5, 0.6) is 11.5 Å². The first-order valence-electron chi connectivity index (χ1n) is 14.4. The highest BCUT2D eigenvalue weighted by molar-refractivity contribution is 5.96. The van der Waals surface area contributed by atoms with Gasteiger partial charge >= 0.3 is 6.03 Å². The van der Waals surface area contributed by atoms with E-state index in [1.165, 1.54) is 12.8 Å². The quantitative estimate of drug-likeness (QED) is 0.260. The van der Waals surface area contributed by atoms with Gasteiger partial charge in [0.15, 0.2) is 5.65 Å². The number of carbonyl (C=O) groups excluding carboxylic acids is 1. The molecule has 13 heteroatoms. The predicted octanol–water partition coefficient (Wildman–Crippen LogP) is 4.17. The summed E-state index contributed by atoms with van der Waals surface area (Å²) in [6.45, 7) is 9.23. The van der Waals surface area contributed by atoms with Crippen LogP contribution in [-0.2, 0) is 13.1 Å². The number of hydrogen-bond acceptors (Lipinski definition) is 10. The number of hydrogen-bond donors (Lipinski definition) is 3. The van der Waals surface area contributed by atoms with E-state index in [9.17, 15) is 4.79 Å². The molecule has 1 aliphatic heterocycles. The third kappa shape index (κ3) is 7.86.